The minimum atomic E-state index is -0.409. The summed E-state index contributed by atoms with van der Waals surface area (Å²) < 4.78 is 17.9. The number of amides is 6. The maximum atomic E-state index is 12.6. The van der Waals surface area contributed by atoms with Crippen LogP contribution in [0.5, 0.6) is 11.5 Å². The minimum absolute atomic E-state index is 0. The molecule has 1 saturated carbocycles. The van der Waals surface area contributed by atoms with Crippen molar-refractivity contribution in [1.82, 2.24) is 20.9 Å². The number of hydrogen-bond donors (Lipinski definition) is 3. The molecule has 1 aliphatic carbocycles. The van der Waals surface area contributed by atoms with E-state index in [0.717, 1.165) is 106 Å². The Balaban J connectivity index is 0.000000157. The van der Waals surface area contributed by atoms with E-state index in [1.807, 2.05) is 91.9 Å². The maximum absolute atomic E-state index is 12.6. The van der Waals surface area contributed by atoms with Crippen molar-refractivity contribution in [3.8, 4) is 23.0 Å². The fourth-order valence-corrected chi connectivity index (χ4v) is 12.5. The molecule has 4 atom stereocenters. The molecule has 3 N–H and O–H groups in total. The number of aromatic nitrogens is 1. The third-order valence-electron chi connectivity index (χ3n) is 14.4. The Morgan fingerprint density at radius 1 is 0.646 bits per heavy atom. The number of nitrogens with one attached hydrogen (secondary N) is 3. The van der Waals surface area contributed by atoms with E-state index in [1.54, 1.807) is 12.1 Å². The molecule has 11 rings (SSSR count). The van der Waals surface area contributed by atoms with Crippen molar-refractivity contribution in [2.24, 2.45) is 5.41 Å². The van der Waals surface area contributed by atoms with Gasteiger partial charge in [0.15, 0.2) is 5.78 Å². The van der Waals surface area contributed by atoms with Gasteiger partial charge in [-0.05, 0) is 110 Å². The molecule has 6 aromatic rings. The quantitative estimate of drug-likeness (QED) is 0.0610. The van der Waals surface area contributed by atoms with Crippen LogP contribution in [0.1, 0.15) is 101 Å². The van der Waals surface area contributed by atoms with Gasteiger partial charge in [0.25, 0.3) is 15.7 Å². The van der Waals surface area contributed by atoms with Crippen LogP contribution in [0.3, 0.4) is 0 Å². The number of benzene rings is 5. The summed E-state index contributed by atoms with van der Waals surface area (Å²) >= 11 is 3.15. The van der Waals surface area contributed by atoms with Crippen LogP contribution >= 0.6 is 35.3 Å². The molecule has 18 heteroatoms. The van der Waals surface area contributed by atoms with Crippen LogP contribution in [-0.4, -0.2) is 100.0 Å². The van der Waals surface area contributed by atoms with E-state index in [-0.39, 0.29) is 83.1 Å². The van der Waals surface area contributed by atoms with Crippen molar-refractivity contribution >= 4 is 102 Å². The van der Waals surface area contributed by atoms with E-state index < -0.39 is 5.25 Å². The number of rotatable bonds is 16. The van der Waals surface area contributed by atoms with Gasteiger partial charge in [0.2, 0.25) is 23.6 Å². The Kier molecular flexibility index (Phi) is 20.9. The van der Waals surface area contributed by atoms with E-state index in [2.05, 4.69) is 58.2 Å². The predicted molar refractivity (Wildman–Crippen MR) is 310 cm³/mol. The van der Waals surface area contributed by atoms with Gasteiger partial charge in [0, 0.05) is 63.1 Å². The molecule has 6 amide bonds. The van der Waals surface area contributed by atoms with E-state index in [0.29, 0.717) is 49.0 Å². The number of fused-ring (bicyclic) bond motifs is 1. The molecule has 4 radical (unpaired) electrons. The first kappa shape index (κ1) is 59.1. The molecule has 4 unspecified atom stereocenters. The molecular weight excluding hydrogens is 1250 g/mol. The normalized spacial score (nSPS) is 20.0. The number of carbonyl (C=O) groups is 7. The Hall–Kier alpha value is -6.03. The van der Waals surface area contributed by atoms with E-state index in [1.165, 1.54) is 43.2 Å². The summed E-state index contributed by atoms with van der Waals surface area (Å²) in [4.78, 5) is 85.9. The molecule has 4 fully saturated rings. The zero-order chi connectivity index (χ0) is 54.6. The summed E-state index contributed by atoms with van der Waals surface area (Å²) in [6, 6.07) is 41.3. The van der Waals surface area contributed by atoms with E-state index >= 15 is 0 Å². The van der Waals surface area contributed by atoms with Crippen molar-refractivity contribution < 1.29 is 47.5 Å². The first-order valence-electron chi connectivity index (χ1n) is 26.4. The third kappa shape index (κ3) is 16.8. The molecule has 4 aliphatic heterocycles. The summed E-state index contributed by atoms with van der Waals surface area (Å²) in [5, 5.41) is 5.09. The first-order valence-corrected chi connectivity index (χ1v) is 29.1. The van der Waals surface area contributed by atoms with Gasteiger partial charge in [0.1, 0.15) is 23.4 Å². The Labute approximate surface area is 493 Å². The maximum Gasteiger partial charge on any atom is 0.286 e. The number of imide groups is 3. The summed E-state index contributed by atoms with van der Waals surface area (Å²) in [7, 11) is 0. The second-order valence-electron chi connectivity index (χ2n) is 20.5. The van der Waals surface area contributed by atoms with Crippen molar-refractivity contribution in [2.75, 3.05) is 6.61 Å². The van der Waals surface area contributed by atoms with Gasteiger partial charge in [-0.1, -0.05) is 159 Å². The number of oxazole rings is 1. The van der Waals surface area contributed by atoms with Gasteiger partial charge in [-0.25, -0.2) is 4.98 Å². The summed E-state index contributed by atoms with van der Waals surface area (Å²) in [6.45, 7) is 4.94. The summed E-state index contributed by atoms with van der Waals surface area (Å²) in [5.74, 6) is 2.48. The minimum Gasteiger partial charge on any atom is -0.493 e. The molecule has 0 spiro atoms. The van der Waals surface area contributed by atoms with Crippen molar-refractivity contribution in [3.05, 3.63) is 172 Å². The first-order chi connectivity index (χ1) is 37.7. The fraction of sp³-hybridized carbons (Fsp3) is 0.344. The average molecular weight is 1310 g/mol. The largest absolute Gasteiger partial charge is 0.493 e. The van der Waals surface area contributed by atoms with Gasteiger partial charge in [-0.3, -0.25) is 49.5 Å². The van der Waals surface area contributed by atoms with Crippen LogP contribution in [0, 0.1) is 12.3 Å². The molecular formula is C61H62N4O10PbS3. The fourth-order valence-electron chi connectivity index (χ4n) is 9.97. The number of carbonyl (C=O) groups excluding carboxylic acids is 7. The van der Waals surface area contributed by atoms with Crippen LogP contribution in [0.25, 0.3) is 11.5 Å². The zero-order valence-corrected chi connectivity index (χ0v) is 50.4. The van der Waals surface area contributed by atoms with Crippen molar-refractivity contribution in [1.29, 1.82) is 0 Å². The number of hydrogen-bond acceptors (Lipinski definition) is 14. The van der Waals surface area contributed by atoms with Gasteiger partial charge in [-0.2, -0.15) is 0 Å². The van der Waals surface area contributed by atoms with Crippen LogP contribution in [0.4, 0.5) is 14.4 Å². The molecule has 5 aliphatic rings. The molecule has 5 aromatic carbocycles. The van der Waals surface area contributed by atoms with Crippen molar-refractivity contribution in [3.63, 3.8) is 0 Å². The van der Waals surface area contributed by atoms with Crippen LogP contribution in [0.15, 0.2) is 132 Å². The molecule has 5 heterocycles. The monoisotopic (exact) mass is 1310 g/mol. The number of ether oxygens (including phenoxy) is 2. The van der Waals surface area contributed by atoms with E-state index in [4.69, 9.17) is 13.9 Å². The second kappa shape index (κ2) is 27.9. The third-order valence-corrected chi connectivity index (χ3v) is 17.3. The number of Topliss-reactive ketones (excluding diaryl/α,β-unsaturated/α-hetero) is 1. The molecule has 79 heavy (non-hydrogen) atoms. The molecule has 14 nitrogen and oxygen atoms in total. The summed E-state index contributed by atoms with van der Waals surface area (Å²) in [6.07, 6.45) is 12.0. The van der Waals surface area contributed by atoms with Gasteiger partial charge >= 0.3 is 0 Å². The number of aryl methyl sites for hydroxylation is 3. The van der Waals surface area contributed by atoms with E-state index in [9.17, 15) is 33.6 Å². The SMILES string of the molecule is CC1(COc2ccc(CC3SC(=O)NC3=O)cc2)CCCCC1.Cc1oc(-c2ccccc2)nc1CCC(=O)c1ccc(CC2SC(=O)NC2=O)cc1.O=C1NC(=O)C(Cc2ccc3c(c2)CCC(Cc2ccccc2)O3)S1.[Pb]. The Morgan fingerprint density at radius 3 is 1.72 bits per heavy atom. The van der Waals surface area contributed by atoms with Gasteiger partial charge in [-0.15, -0.1) is 0 Å². The molecule has 3 saturated heterocycles. The average Bonchev–Trinajstić information content (AvgIpc) is 4.20. The molecule has 0 bridgehead atoms. The van der Waals surface area contributed by atoms with Crippen LogP contribution in [-0.2, 0) is 52.9 Å². The Morgan fingerprint density at radius 2 is 1.16 bits per heavy atom. The smallest absolute Gasteiger partial charge is 0.286 e. The molecule has 408 valence electrons. The zero-order valence-electron chi connectivity index (χ0n) is 44.1. The second-order valence-corrected chi connectivity index (χ2v) is 24.0. The number of nitrogens with zero attached hydrogens (tertiary/aromatic N) is 1. The summed E-state index contributed by atoms with van der Waals surface area (Å²) in [5.41, 5.74) is 8.12. The number of ketones is 1. The topological polar surface area (TPSA) is 200 Å². The van der Waals surface area contributed by atoms with Gasteiger partial charge < -0.3 is 13.9 Å². The van der Waals surface area contributed by atoms with Crippen LogP contribution in [0.2, 0.25) is 0 Å². The molecule has 1 aromatic heterocycles. The van der Waals surface area contributed by atoms with Crippen molar-refractivity contribution in [2.45, 2.75) is 119 Å². The number of thioether (sulfide) groups is 3. The van der Waals surface area contributed by atoms with Gasteiger partial charge in [0.05, 0.1) is 28.1 Å². The standard InChI is InChI=1S/C23H20N2O4S.C20H19NO3S.C18H23NO3S.Pb/c1-14-18(24-22(29-14)17-5-3-2-4-6-17)11-12-19(26)16-9-7-15(8-10-16)13-20-21(27)25-23(28)30-20;22-19-18(25-20(23)21-19)12-14-6-9-17-15(10-14)7-8-16(24-17)11-13-4-2-1-3-5-13;1-18(9-3-2-4-10-18)12-22-14-7-5-13(6-8-14)11-15-16(20)19-17(21)23-15;/h2-10,20H,11-13H2,1H3,(H,25,27,28);1-6,9-10,16,18H,7-8,11-12H2,(H,21,22,23);5-8,15H,2-4,9-12H2,1H3,(H,19,20,21);. The predicted octanol–water partition coefficient (Wildman–Crippen LogP) is 11.4. The Bertz CT molecular complexity index is 3130. The van der Waals surface area contributed by atoms with Crippen LogP contribution < -0.4 is 25.4 Å².